The molecule has 0 saturated carbocycles. The topological polar surface area (TPSA) is 40.1 Å². The van der Waals surface area contributed by atoms with Gasteiger partial charge in [0, 0.05) is 0 Å². The van der Waals surface area contributed by atoms with Gasteiger partial charge in [-0.25, -0.2) is 0 Å². The Morgan fingerprint density at radius 3 is 1.04 bits per heavy atom. The number of aliphatic carboxylic acids is 1. The van der Waals surface area contributed by atoms with Crippen molar-refractivity contribution in [1.29, 1.82) is 0 Å². The van der Waals surface area contributed by atoms with Crippen LogP contribution in [0.25, 0.3) is 0 Å². The van der Waals surface area contributed by atoms with Crippen LogP contribution in [0.4, 0.5) is 57.1 Å². The molecular weight excluding hydrogens is 471 g/mol. The molecule has 0 atom stereocenters. The Morgan fingerprint density at radius 1 is 0.565 bits per heavy atom. The van der Waals surface area contributed by atoms with Crippen LogP contribution in [0.3, 0.4) is 0 Å². The van der Waals surface area contributed by atoms with Crippen molar-refractivity contribution in [1.82, 2.24) is 0 Å². The molecule has 0 aromatic rings. The Bertz CT molecular complexity index is 454. The normalized spacial score (nSPS) is 15.2. The summed E-state index contributed by atoms with van der Waals surface area (Å²) in [5, 5.41) is 9.56. The van der Waals surface area contributed by atoms with E-state index in [1.807, 2.05) is 0 Å². The minimum absolute atomic E-state index is 0. The molecule has 0 radical (unpaired) electrons. The summed E-state index contributed by atoms with van der Waals surface area (Å²) in [6.45, 7) is 0. The molecule has 0 amide bonds. The smallest absolute Gasteiger partial charge is 0.544 e. The van der Waals surface area contributed by atoms with Crippen LogP contribution in [0, 0.1) is 0 Å². The fraction of sp³-hybridized carbons (Fsp3) is 0.857. The molecule has 0 saturated heterocycles. The van der Waals surface area contributed by atoms with Gasteiger partial charge < -0.3 is 9.90 Å². The van der Waals surface area contributed by atoms with Gasteiger partial charge in [0.15, 0.2) is 0 Å². The molecular formula is C7AgF13O2. The molecule has 0 aliphatic carbocycles. The second-order valence-electron chi connectivity index (χ2n) is 3.66. The van der Waals surface area contributed by atoms with Crippen LogP contribution in [0.2, 0.25) is 0 Å². The van der Waals surface area contributed by atoms with Gasteiger partial charge in [0.2, 0.25) is 0 Å². The second kappa shape index (κ2) is 5.98. The van der Waals surface area contributed by atoms with E-state index >= 15 is 0 Å². The number of carboxylic acid groups (broad SMARTS) is 1. The minimum atomic E-state index is -8.11. The van der Waals surface area contributed by atoms with Crippen molar-refractivity contribution in [3.8, 4) is 0 Å². The van der Waals surface area contributed by atoms with Gasteiger partial charge in [-0.3, -0.25) is 0 Å². The molecule has 0 N–H and O–H groups in total. The number of halogens is 13. The number of carbonyl (C=O) groups is 1. The van der Waals surface area contributed by atoms with E-state index < -0.39 is 41.8 Å². The van der Waals surface area contributed by atoms with Crippen LogP contribution < -0.4 is 5.11 Å². The minimum Gasteiger partial charge on any atom is -0.544 e. The number of alkyl halides is 13. The quantitative estimate of drug-likeness (QED) is 0.457. The third kappa shape index (κ3) is 3.14. The summed E-state index contributed by atoms with van der Waals surface area (Å²) < 4.78 is 159. The van der Waals surface area contributed by atoms with Crippen molar-refractivity contribution in [2.24, 2.45) is 0 Å². The van der Waals surface area contributed by atoms with Gasteiger partial charge in [0.1, 0.15) is 5.97 Å². The summed E-state index contributed by atoms with van der Waals surface area (Å²) in [5.41, 5.74) is 0. The van der Waals surface area contributed by atoms with Crippen molar-refractivity contribution >= 4 is 5.97 Å². The van der Waals surface area contributed by atoms with Crippen LogP contribution in [0.5, 0.6) is 0 Å². The molecule has 0 unspecified atom stereocenters. The maximum Gasteiger partial charge on any atom is 1.00 e. The molecule has 0 aliphatic rings. The van der Waals surface area contributed by atoms with Crippen LogP contribution >= 0.6 is 0 Å². The molecule has 0 spiro atoms. The Balaban J connectivity index is 0. The molecule has 0 aromatic carbocycles. The Hall–Kier alpha value is -0.700. The van der Waals surface area contributed by atoms with E-state index in [0.717, 1.165) is 0 Å². The van der Waals surface area contributed by atoms with E-state index in [4.69, 9.17) is 0 Å². The molecule has 0 bridgehead atoms. The molecule has 23 heavy (non-hydrogen) atoms. The van der Waals surface area contributed by atoms with Gasteiger partial charge in [-0.05, 0) is 0 Å². The number of rotatable bonds is 5. The molecule has 0 aliphatic heterocycles. The second-order valence-corrected chi connectivity index (χ2v) is 3.66. The standard InChI is InChI=1S/C7HF13O2.Ag/c8-2(9,1(21)22)3(10,11)4(12,13)5(14,15)6(16,17)7(18,19)20;/h(H,21,22);/q;+1/p-1. The fourth-order valence-corrected chi connectivity index (χ4v) is 0.898. The predicted octanol–water partition coefficient (Wildman–Crippen LogP) is 2.47. The first-order chi connectivity index (χ1) is 9.19. The summed E-state index contributed by atoms with van der Waals surface area (Å²) in [6.07, 6.45) is -7.53. The van der Waals surface area contributed by atoms with Gasteiger partial charge in [0.05, 0.1) is 0 Å². The summed E-state index contributed by atoms with van der Waals surface area (Å²) in [6, 6.07) is 0. The monoisotopic (exact) mass is 470 g/mol. The fourth-order valence-electron chi connectivity index (χ4n) is 0.898. The SMILES string of the molecule is O=C([O-])C(F)(F)C(F)(F)C(F)(F)C(F)(F)C(F)(F)C(F)(F)F.[Ag+]. The Kier molecular flexibility index (Phi) is 6.39. The van der Waals surface area contributed by atoms with E-state index in [0.29, 0.717) is 0 Å². The zero-order chi connectivity index (χ0) is 18.6. The largest absolute Gasteiger partial charge is 1.00 e. The number of carboxylic acids is 1. The maximum atomic E-state index is 12.6. The van der Waals surface area contributed by atoms with E-state index in [9.17, 15) is 67.0 Å². The first-order valence-electron chi connectivity index (χ1n) is 4.37. The van der Waals surface area contributed by atoms with E-state index in [1.54, 1.807) is 0 Å². The van der Waals surface area contributed by atoms with Crippen molar-refractivity contribution in [3.05, 3.63) is 0 Å². The Morgan fingerprint density at radius 2 is 0.826 bits per heavy atom. The van der Waals surface area contributed by atoms with Gasteiger partial charge in [0.25, 0.3) is 0 Å². The van der Waals surface area contributed by atoms with Crippen LogP contribution in [-0.4, -0.2) is 41.8 Å². The molecule has 0 fully saturated rings. The summed E-state index contributed by atoms with van der Waals surface area (Å²) in [4.78, 5) is 9.56. The zero-order valence-corrected chi connectivity index (χ0v) is 11.0. The number of hydrogen-bond donors (Lipinski definition) is 0. The van der Waals surface area contributed by atoms with Crippen LogP contribution in [-0.2, 0) is 27.2 Å². The summed E-state index contributed by atoms with van der Waals surface area (Å²) in [7, 11) is 0. The van der Waals surface area contributed by atoms with E-state index in [1.165, 1.54) is 0 Å². The van der Waals surface area contributed by atoms with Gasteiger partial charge in [-0.15, -0.1) is 0 Å². The summed E-state index contributed by atoms with van der Waals surface area (Å²) in [5.74, 6) is -43.5. The first kappa shape index (κ1) is 24.6. The third-order valence-corrected chi connectivity index (χ3v) is 2.19. The van der Waals surface area contributed by atoms with Gasteiger partial charge >= 0.3 is 58.2 Å². The molecule has 0 heterocycles. The van der Waals surface area contributed by atoms with E-state index in [-0.39, 0.29) is 22.4 Å². The summed E-state index contributed by atoms with van der Waals surface area (Å²) >= 11 is 0. The van der Waals surface area contributed by atoms with Crippen LogP contribution in [0.1, 0.15) is 0 Å². The molecule has 0 aromatic heterocycles. The number of carbonyl (C=O) groups excluding carboxylic acids is 1. The average Bonchev–Trinajstić information content (AvgIpc) is 2.25. The molecule has 2 nitrogen and oxygen atoms in total. The van der Waals surface area contributed by atoms with Crippen LogP contribution in [0.15, 0.2) is 0 Å². The Labute approximate surface area is 132 Å². The van der Waals surface area contributed by atoms with Gasteiger partial charge in [-0.1, -0.05) is 0 Å². The predicted molar refractivity (Wildman–Crippen MR) is 35.8 cm³/mol. The van der Waals surface area contributed by atoms with E-state index in [2.05, 4.69) is 0 Å². The van der Waals surface area contributed by atoms with Crippen molar-refractivity contribution in [2.45, 2.75) is 35.8 Å². The van der Waals surface area contributed by atoms with Crippen molar-refractivity contribution in [3.63, 3.8) is 0 Å². The third-order valence-electron chi connectivity index (χ3n) is 2.19. The average molecular weight is 471 g/mol. The van der Waals surface area contributed by atoms with Gasteiger partial charge in [-0.2, -0.15) is 57.1 Å². The van der Waals surface area contributed by atoms with Crippen molar-refractivity contribution < 1.29 is 89.4 Å². The molecule has 142 valence electrons. The first-order valence-corrected chi connectivity index (χ1v) is 4.37. The number of hydrogen-bond acceptors (Lipinski definition) is 2. The molecule has 0 rings (SSSR count). The zero-order valence-electron chi connectivity index (χ0n) is 9.53. The maximum absolute atomic E-state index is 12.6. The van der Waals surface area contributed by atoms with Crippen molar-refractivity contribution in [2.75, 3.05) is 0 Å². The molecule has 16 heteroatoms.